The Morgan fingerprint density at radius 3 is 1.58 bits per heavy atom. The highest BCUT2D eigenvalue weighted by molar-refractivity contribution is 9.11. The van der Waals surface area contributed by atoms with E-state index in [1.807, 2.05) is 17.0 Å². The molecule has 0 radical (unpaired) electrons. The van der Waals surface area contributed by atoms with Crippen molar-refractivity contribution in [2.24, 2.45) is 0 Å². The minimum Gasteiger partial charge on any atom is -0.478 e. The maximum Gasteiger partial charge on any atom is 0.335 e. The molecule has 0 atom stereocenters. The predicted octanol–water partition coefficient (Wildman–Crippen LogP) is 9.65. The number of piperazine rings is 2. The number of carboxylic acids is 1. The van der Waals surface area contributed by atoms with E-state index in [0.29, 0.717) is 51.0 Å². The molecule has 10 rings (SSSR count). The molecule has 5 heterocycles. The van der Waals surface area contributed by atoms with Crippen molar-refractivity contribution in [3.05, 3.63) is 163 Å². The summed E-state index contributed by atoms with van der Waals surface area (Å²) in [5.74, 6) is -0.350. The third kappa shape index (κ3) is 17.8. The number of nitrogens with one attached hydrogen (secondary N) is 4. The van der Waals surface area contributed by atoms with Gasteiger partial charge in [0.2, 0.25) is 41.2 Å². The Hall–Kier alpha value is -7.39. The Morgan fingerprint density at radius 1 is 0.584 bits per heavy atom. The van der Waals surface area contributed by atoms with E-state index in [1.165, 1.54) is 49.0 Å². The quantitative estimate of drug-likeness (QED) is 0.0736. The number of hydrogen-bond acceptors (Lipinski definition) is 16. The molecule has 5 N–H and O–H groups in total. The van der Waals surface area contributed by atoms with Gasteiger partial charge in [-0.1, -0.05) is 17.3 Å². The van der Waals surface area contributed by atoms with Gasteiger partial charge in [0.1, 0.15) is 23.3 Å². The van der Waals surface area contributed by atoms with Gasteiger partial charge in [-0.3, -0.25) is 20.4 Å². The van der Waals surface area contributed by atoms with Crippen molar-refractivity contribution in [2.75, 3.05) is 62.2 Å². The van der Waals surface area contributed by atoms with Crippen LogP contribution in [0.4, 0.5) is 28.9 Å². The average Bonchev–Trinajstić information content (AvgIpc) is 4.21. The molecule has 2 fully saturated rings. The monoisotopic (exact) mass is 1250 g/mol. The van der Waals surface area contributed by atoms with E-state index in [4.69, 9.17) is 18.5 Å². The smallest absolute Gasteiger partial charge is 0.335 e. The van der Waals surface area contributed by atoms with Gasteiger partial charge in [-0.25, -0.2) is 22.4 Å². The lowest BCUT2D eigenvalue weighted by molar-refractivity contribution is -0.119. The summed E-state index contributed by atoms with van der Waals surface area (Å²) in [7, 11) is 0. The molecule has 2 saturated heterocycles. The van der Waals surface area contributed by atoms with Crippen LogP contribution in [0.2, 0.25) is 0 Å². The standard InChI is InChI=1S/C13H15FN4O.C13H16N4O.C9H8BrFN2O2.C9H6BrFN2O.C7H4BrFO2/c1-9-16-17-13(19-9)10-2-3-11(14)12(8-10)18-6-4-15-5-7-18;1-10-15-13(16-18-10)11-3-2-4-12(9-11)17-7-5-14-6-8-17;1-5(14)12-13-9(15)6-2-3-8(11)7(10)4-6;1-5-12-13-9(14-5)6-2-3-8(11)7(10)4-6;8-5-3-4(7(10)11)1-2-6(5)9/h2-3,8,15H,4-7H2,1H3;2-4,9,14H,5-8H2,1H3;2-4H,1H3,(H,12,14)(H,13,15);2-4H,1H3;1-3H,(H,10,11). The predicted molar refractivity (Wildman–Crippen MR) is 288 cm³/mol. The fourth-order valence-corrected chi connectivity index (χ4v) is 8.05. The van der Waals surface area contributed by atoms with Crippen molar-refractivity contribution in [3.63, 3.8) is 0 Å². The highest BCUT2D eigenvalue weighted by Gasteiger charge is 2.18. The number of benzene rings is 5. The number of hydrazine groups is 1. The lowest BCUT2D eigenvalue weighted by atomic mass is 10.1. The summed E-state index contributed by atoms with van der Waals surface area (Å²) in [5, 5.41) is 34.3. The summed E-state index contributed by atoms with van der Waals surface area (Å²) in [5.41, 5.74) is 8.86. The van der Waals surface area contributed by atoms with Crippen molar-refractivity contribution in [1.29, 1.82) is 0 Å². The minimum absolute atomic E-state index is 0.0678. The minimum atomic E-state index is -1.06. The van der Waals surface area contributed by atoms with Crippen molar-refractivity contribution in [2.45, 2.75) is 27.7 Å². The van der Waals surface area contributed by atoms with Crippen LogP contribution < -0.4 is 31.3 Å². The van der Waals surface area contributed by atoms with E-state index in [-0.39, 0.29) is 37.6 Å². The van der Waals surface area contributed by atoms with Gasteiger partial charge in [0.25, 0.3) is 5.91 Å². The number of aromatic nitrogens is 6. The highest BCUT2D eigenvalue weighted by Crippen LogP contribution is 2.28. The second-order valence-corrected chi connectivity index (χ2v) is 19.0. The number of amides is 2. The molecule has 19 nitrogen and oxygen atoms in total. The van der Waals surface area contributed by atoms with Gasteiger partial charge in [0, 0.05) is 108 Å². The van der Waals surface area contributed by atoms with Crippen LogP contribution in [-0.2, 0) is 4.79 Å². The molecule has 0 saturated carbocycles. The average molecular weight is 1260 g/mol. The van der Waals surface area contributed by atoms with Crippen molar-refractivity contribution >= 4 is 76.9 Å². The molecule has 8 aromatic rings. The Kier molecular flexibility index (Phi) is 21.9. The number of carboxylic acid groups (broad SMARTS) is 1. The first-order valence-corrected chi connectivity index (χ1v) is 25.6. The van der Waals surface area contributed by atoms with Gasteiger partial charge in [-0.15, -0.1) is 20.4 Å². The summed E-state index contributed by atoms with van der Waals surface area (Å²) >= 11 is 8.91. The number of aryl methyl sites for hydroxylation is 3. The number of carbonyl (C=O) groups excluding carboxylic acids is 2. The van der Waals surface area contributed by atoms with Crippen molar-refractivity contribution in [1.82, 2.24) is 52.0 Å². The molecule has 2 amide bonds. The number of anilines is 2. The first-order valence-electron chi connectivity index (χ1n) is 23.2. The zero-order valence-electron chi connectivity index (χ0n) is 41.5. The van der Waals surface area contributed by atoms with Gasteiger partial charge in [-0.2, -0.15) is 4.98 Å². The van der Waals surface area contributed by atoms with Gasteiger partial charge < -0.3 is 38.9 Å². The first-order chi connectivity index (χ1) is 36.8. The third-order valence-corrected chi connectivity index (χ3v) is 12.5. The molecule has 2 aliphatic heterocycles. The molecule has 2 aliphatic rings. The van der Waals surface area contributed by atoms with E-state index in [1.54, 1.807) is 45.0 Å². The van der Waals surface area contributed by atoms with E-state index in [2.05, 4.69) is 117 Å². The number of rotatable bonds is 7. The van der Waals surface area contributed by atoms with E-state index in [9.17, 15) is 31.9 Å². The lowest BCUT2D eigenvalue weighted by Gasteiger charge is -2.29. The Labute approximate surface area is 463 Å². The van der Waals surface area contributed by atoms with Crippen LogP contribution in [0, 0.1) is 44.0 Å². The number of nitrogens with zero attached hydrogens (tertiary/aromatic N) is 8. The van der Waals surface area contributed by atoms with Gasteiger partial charge in [0.05, 0.1) is 24.7 Å². The Bertz CT molecular complexity index is 3280. The first kappa shape index (κ1) is 58.9. The maximum atomic E-state index is 13.9. The van der Waals surface area contributed by atoms with Crippen LogP contribution in [0.5, 0.6) is 0 Å². The largest absolute Gasteiger partial charge is 0.478 e. The lowest BCUT2D eigenvalue weighted by Crippen LogP contribution is -2.43. The summed E-state index contributed by atoms with van der Waals surface area (Å²) in [6.45, 7) is 14.0. The van der Waals surface area contributed by atoms with Crippen LogP contribution >= 0.6 is 47.8 Å². The number of carbonyl (C=O) groups is 3. The molecule has 0 bridgehead atoms. The number of halogens is 7. The van der Waals surface area contributed by atoms with Gasteiger partial charge in [-0.05, 0) is 133 Å². The molecule has 0 aliphatic carbocycles. The fraction of sp³-hybridized carbons (Fsp3) is 0.235. The van der Waals surface area contributed by atoms with Crippen LogP contribution in [0.15, 0.2) is 124 Å². The number of hydrogen-bond donors (Lipinski definition) is 5. The van der Waals surface area contributed by atoms with Crippen LogP contribution in [0.1, 0.15) is 45.3 Å². The third-order valence-electron chi connectivity index (χ3n) is 10.7. The molecular weight excluding hydrogens is 1210 g/mol. The topological polar surface area (TPSA) is 243 Å². The van der Waals surface area contributed by atoms with E-state index in [0.717, 1.165) is 75.6 Å². The van der Waals surface area contributed by atoms with Crippen molar-refractivity contribution < 1.29 is 50.4 Å². The molecule has 404 valence electrons. The molecule has 77 heavy (non-hydrogen) atoms. The summed E-state index contributed by atoms with van der Waals surface area (Å²) < 4.78 is 68.5. The second-order valence-electron chi connectivity index (χ2n) is 16.4. The summed E-state index contributed by atoms with van der Waals surface area (Å²) in [6, 6.07) is 25.1. The summed E-state index contributed by atoms with van der Waals surface area (Å²) in [4.78, 5) is 40.8. The van der Waals surface area contributed by atoms with Crippen LogP contribution in [0.3, 0.4) is 0 Å². The van der Waals surface area contributed by atoms with Gasteiger partial charge >= 0.3 is 5.97 Å². The van der Waals surface area contributed by atoms with Gasteiger partial charge in [0.15, 0.2) is 0 Å². The molecule has 3 aromatic heterocycles. The van der Waals surface area contributed by atoms with E-state index < -0.39 is 23.5 Å². The highest BCUT2D eigenvalue weighted by atomic mass is 79.9. The maximum absolute atomic E-state index is 13.9. The Balaban J connectivity index is 0.000000158. The Morgan fingerprint density at radius 2 is 1.09 bits per heavy atom. The zero-order chi connectivity index (χ0) is 55.6. The van der Waals surface area contributed by atoms with Crippen molar-refractivity contribution in [3.8, 4) is 34.3 Å². The van der Waals surface area contributed by atoms with E-state index >= 15 is 0 Å². The second kappa shape index (κ2) is 28.7. The van der Waals surface area contributed by atoms with Crippen LogP contribution in [-0.4, -0.2) is 106 Å². The zero-order valence-corrected chi connectivity index (χ0v) is 46.3. The molecule has 5 aromatic carbocycles. The van der Waals surface area contributed by atoms with Crippen LogP contribution in [0.25, 0.3) is 34.3 Å². The fourth-order valence-electron chi connectivity index (χ4n) is 6.91. The molecular formula is C51H49Br3F4N12O7. The molecule has 0 unspecified atom stereocenters. The summed E-state index contributed by atoms with van der Waals surface area (Å²) in [6.07, 6.45) is 0. The molecule has 0 spiro atoms. The molecule has 26 heteroatoms. The normalized spacial score (nSPS) is 12.8. The number of aromatic carboxylic acids is 1. The SMILES string of the molecule is CC(=O)NNC(=O)c1ccc(F)c(Br)c1.Cc1nc(-c2cccc(N3CCNCC3)c2)no1.Cc1nnc(-c2ccc(F)c(Br)c2)o1.Cc1nnc(-c2ccc(F)c(N3CCNCC3)c2)o1.O=C(O)c1ccc(F)c(Br)c1.